The summed E-state index contributed by atoms with van der Waals surface area (Å²) in [5, 5.41) is 12.2. The van der Waals surface area contributed by atoms with E-state index in [4.69, 9.17) is 5.73 Å². The minimum absolute atomic E-state index is 0.00764. The van der Waals surface area contributed by atoms with Crippen LogP contribution in [0.1, 0.15) is 15.5 Å². The maximum atomic E-state index is 11.5. The number of hydrogen-bond acceptors (Lipinski definition) is 7. The zero-order valence-electron chi connectivity index (χ0n) is 8.21. The van der Waals surface area contributed by atoms with E-state index in [1.165, 1.54) is 0 Å². The molecule has 0 aliphatic heterocycles. The van der Waals surface area contributed by atoms with Gasteiger partial charge in [0.2, 0.25) is 11.5 Å². The lowest BCUT2D eigenvalue weighted by Crippen LogP contribution is -2.26. The average Bonchev–Trinajstić information content (AvgIpc) is 2.88. The van der Waals surface area contributed by atoms with Crippen LogP contribution in [0.5, 0.6) is 0 Å². The summed E-state index contributed by atoms with van der Waals surface area (Å²) in [6.45, 7) is 0.471. The Morgan fingerprint density at radius 1 is 1.56 bits per heavy atom. The summed E-state index contributed by atoms with van der Waals surface area (Å²) in [5.41, 5.74) is 5.38. The predicted molar refractivity (Wildman–Crippen MR) is 56.9 cm³/mol. The summed E-state index contributed by atoms with van der Waals surface area (Å²) in [4.78, 5) is 15.6. The standard InChI is InChI=1S/C8H9N5O2S/c9-7-6(12-15-13-7)8(14)11-2-1-5-10-3-4-16-5/h3-4H,1-2H2,(H2,9,13)(H,11,14). The van der Waals surface area contributed by atoms with E-state index in [2.05, 4.69) is 25.2 Å². The monoisotopic (exact) mass is 239 g/mol. The highest BCUT2D eigenvalue weighted by molar-refractivity contribution is 7.09. The fourth-order valence-electron chi connectivity index (χ4n) is 1.10. The molecule has 0 saturated heterocycles. The number of nitrogen functional groups attached to an aromatic ring is 1. The molecule has 2 aromatic heterocycles. The van der Waals surface area contributed by atoms with Crippen molar-refractivity contribution < 1.29 is 9.42 Å². The van der Waals surface area contributed by atoms with Crippen LogP contribution in [0.3, 0.4) is 0 Å². The van der Waals surface area contributed by atoms with Crippen LogP contribution in [0, 0.1) is 0 Å². The van der Waals surface area contributed by atoms with Gasteiger partial charge in [-0.25, -0.2) is 9.61 Å². The van der Waals surface area contributed by atoms with Crippen LogP contribution in [0.25, 0.3) is 0 Å². The van der Waals surface area contributed by atoms with Gasteiger partial charge in [0.15, 0.2) is 0 Å². The molecule has 0 bridgehead atoms. The van der Waals surface area contributed by atoms with Crippen molar-refractivity contribution in [1.82, 2.24) is 20.6 Å². The summed E-state index contributed by atoms with van der Waals surface area (Å²) < 4.78 is 4.32. The van der Waals surface area contributed by atoms with Crippen LogP contribution in [-0.2, 0) is 6.42 Å². The van der Waals surface area contributed by atoms with Gasteiger partial charge in [-0.05, 0) is 10.3 Å². The number of amides is 1. The number of thiazole rings is 1. The van der Waals surface area contributed by atoms with Crippen molar-refractivity contribution in [3.8, 4) is 0 Å². The quantitative estimate of drug-likeness (QED) is 0.782. The van der Waals surface area contributed by atoms with Crippen molar-refractivity contribution in [2.45, 2.75) is 6.42 Å². The molecule has 0 aliphatic carbocycles. The average molecular weight is 239 g/mol. The fourth-order valence-corrected chi connectivity index (χ4v) is 1.72. The SMILES string of the molecule is Nc1nonc1C(=O)NCCc1nccs1. The molecule has 0 atom stereocenters. The number of carbonyl (C=O) groups is 1. The molecular weight excluding hydrogens is 230 g/mol. The highest BCUT2D eigenvalue weighted by Crippen LogP contribution is 2.05. The van der Waals surface area contributed by atoms with Gasteiger partial charge in [-0.2, -0.15) is 0 Å². The van der Waals surface area contributed by atoms with E-state index in [1.54, 1.807) is 17.5 Å². The number of rotatable bonds is 4. The molecule has 3 N–H and O–H groups in total. The second kappa shape index (κ2) is 4.71. The van der Waals surface area contributed by atoms with E-state index in [0.717, 1.165) is 5.01 Å². The zero-order chi connectivity index (χ0) is 11.4. The van der Waals surface area contributed by atoms with E-state index in [1.807, 2.05) is 5.38 Å². The first-order valence-corrected chi connectivity index (χ1v) is 5.40. The van der Waals surface area contributed by atoms with Crippen LogP contribution in [0.2, 0.25) is 0 Å². The fraction of sp³-hybridized carbons (Fsp3) is 0.250. The van der Waals surface area contributed by atoms with Gasteiger partial charge in [-0.15, -0.1) is 11.3 Å². The summed E-state index contributed by atoms with van der Waals surface area (Å²) >= 11 is 1.54. The molecule has 0 radical (unpaired) electrons. The van der Waals surface area contributed by atoms with Crippen molar-refractivity contribution in [1.29, 1.82) is 0 Å². The highest BCUT2D eigenvalue weighted by atomic mass is 32.1. The first kappa shape index (κ1) is 10.6. The molecule has 8 heteroatoms. The minimum Gasteiger partial charge on any atom is -0.379 e. The summed E-state index contributed by atoms with van der Waals surface area (Å²) in [6.07, 6.45) is 2.40. The lowest BCUT2D eigenvalue weighted by atomic mass is 10.4. The molecule has 0 saturated carbocycles. The van der Waals surface area contributed by atoms with Crippen molar-refractivity contribution in [3.63, 3.8) is 0 Å². The van der Waals surface area contributed by atoms with E-state index < -0.39 is 5.91 Å². The van der Waals surface area contributed by atoms with Gasteiger partial charge in [0.1, 0.15) is 0 Å². The van der Waals surface area contributed by atoms with E-state index in [9.17, 15) is 4.79 Å². The maximum absolute atomic E-state index is 11.5. The highest BCUT2D eigenvalue weighted by Gasteiger charge is 2.14. The first-order chi connectivity index (χ1) is 7.77. The van der Waals surface area contributed by atoms with Gasteiger partial charge < -0.3 is 11.1 Å². The molecule has 0 aliphatic rings. The number of nitrogens with zero attached hydrogens (tertiary/aromatic N) is 3. The van der Waals surface area contributed by atoms with Gasteiger partial charge in [0, 0.05) is 24.5 Å². The largest absolute Gasteiger partial charge is 0.379 e. The van der Waals surface area contributed by atoms with Crippen LogP contribution in [0.15, 0.2) is 16.2 Å². The molecular formula is C8H9N5O2S. The number of hydrogen-bond donors (Lipinski definition) is 2. The molecule has 16 heavy (non-hydrogen) atoms. The Kier molecular flexibility index (Phi) is 3.10. The predicted octanol–water partition coefficient (Wildman–Crippen LogP) is 0.0808. The first-order valence-electron chi connectivity index (χ1n) is 4.52. The molecule has 0 spiro atoms. The lowest BCUT2D eigenvalue weighted by Gasteiger charge is -2.00. The Bertz CT molecular complexity index is 466. The van der Waals surface area contributed by atoms with Gasteiger partial charge in [-0.3, -0.25) is 4.79 Å². The molecule has 0 fully saturated rings. The Morgan fingerprint density at radius 3 is 3.06 bits per heavy atom. The van der Waals surface area contributed by atoms with Gasteiger partial charge in [0.05, 0.1) is 5.01 Å². The molecule has 0 aromatic carbocycles. The molecule has 2 aromatic rings. The number of nitrogens with one attached hydrogen (secondary N) is 1. The third kappa shape index (κ3) is 2.34. The van der Waals surface area contributed by atoms with Crippen LogP contribution < -0.4 is 11.1 Å². The van der Waals surface area contributed by atoms with E-state index in [-0.39, 0.29) is 11.5 Å². The summed E-state index contributed by atoms with van der Waals surface area (Å²) in [5.74, 6) is -0.401. The molecule has 7 nitrogen and oxygen atoms in total. The second-order valence-electron chi connectivity index (χ2n) is 2.93. The maximum Gasteiger partial charge on any atom is 0.277 e. The van der Waals surface area contributed by atoms with Crippen LogP contribution >= 0.6 is 11.3 Å². The number of nitrogens with two attached hydrogens (primary N) is 1. The van der Waals surface area contributed by atoms with Crippen molar-refractivity contribution >= 4 is 23.1 Å². The normalized spacial score (nSPS) is 10.2. The van der Waals surface area contributed by atoms with Crippen molar-refractivity contribution in [2.75, 3.05) is 12.3 Å². The van der Waals surface area contributed by atoms with Crippen molar-refractivity contribution in [3.05, 3.63) is 22.3 Å². The summed E-state index contributed by atoms with van der Waals surface area (Å²) in [7, 11) is 0. The number of carbonyl (C=O) groups excluding carboxylic acids is 1. The zero-order valence-corrected chi connectivity index (χ0v) is 9.03. The Balaban J connectivity index is 1.83. The minimum atomic E-state index is -0.393. The van der Waals surface area contributed by atoms with Crippen LogP contribution in [-0.4, -0.2) is 27.7 Å². The van der Waals surface area contributed by atoms with Crippen molar-refractivity contribution in [2.24, 2.45) is 0 Å². The number of anilines is 1. The molecule has 84 valence electrons. The summed E-state index contributed by atoms with van der Waals surface area (Å²) in [6, 6.07) is 0. The topological polar surface area (TPSA) is 107 Å². The molecule has 2 heterocycles. The van der Waals surface area contributed by atoms with Crippen LogP contribution in [0.4, 0.5) is 5.82 Å². The third-order valence-electron chi connectivity index (χ3n) is 1.84. The Labute approximate surface area is 94.6 Å². The molecule has 0 unspecified atom stereocenters. The Morgan fingerprint density at radius 2 is 2.44 bits per heavy atom. The number of aromatic nitrogens is 3. The third-order valence-corrected chi connectivity index (χ3v) is 2.68. The van der Waals surface area contributed by atoms with E-state index in [0.29, 0.717) is 13.0 Å². The lowest BCUT2D eigenvalue weighted by molar-refractivity contribution is 0.0945. The second-order valence-corrected chi connectivity index (χ2v) is 3.91. The van der Waals surface area contributed by atoms with E-state index >= 15 is 0 Å². The smallest absolute Gasteiger partial charge is 0.277 e. The van der Waals surface area contributed by atoms with Gasteiger partial charge in [-0.1, -0.05) is 0 Å². The molecule has 1 amide bonds. The van der Waals surface area contributed by atoms with Gasteiger partial charge >= 0.3 is 0 Å². The Hall–Kier alpha value is -1.96. The molecule has 2 rings (SSSR count). The van der Waals surface area contributed by atoms with Gasteiger partial charge in [0.25, 0.3) is 5.91 Å².